The minimum absolute atomic E-state index is 0.0732. The summed E-state index contributed by atoms with van der Waals surface area (Å²) in [5, 5.41) is 0.673. The summed E-state index contributed by atoms with van der Waals surface area (Å²) in [5.41, 5.74) is 1.41. The van der Waals surface area contributed by atoms with Gasteiger partial charge in [-0.1, -0.05) is 11.3 Å². The number of aromatic nitrogens is 1. The summed E-state index contributed by atoms with van der Waals surface area (Å²) < 4.78 is 17.4. The van der Waals surface area contributed by atoms with E-state index in [-0.39, 0.29) is 12.7 Å². The van der Waals surface area contributed by atoms with Crippen LogP contribution in [0.2, 0.25) is 0 Å². The minimum Gasteiger partial charge on any atom is -0.494 e. The molecule has 158 valence electrons. The van der Waals surface area contributed by atoms with Gasteiger partial charge in [0.1, 0.15) is 5.75 Å². The van der Waals surface area contributed by atoms with Crippen molar-refractivity contribution in [3.8, 4) is 17.2 Å². The number of hydrogen-bond donors (Lipinski definition) is 0. The first kappa shape index (κ1) is 20.4. The molecular formula is C22H25N3O4S. The van der Waals surface area contributed by atoms with Crippen LogP contribution >= 0.6 is 11.3 Å². The Balaban J connectivity index is 1.63. The molecule has 0 unspecified atom stereocenters. The quantitative estimate of drug-likeness (QED) is 0.541. The van der Waals surface area contributed by atoms with E-state index in [1.54, 1.807) is 17.0 Å². The second kappa shape index (κ2) is 8.89. The van der Waals surface area contributed by atoms with Crippen LogP contribution < -0.4 is 19.1 Å². The van der Waals surface area contributed by atoms with Gasteiger partial charge >= 0.3 is 0 Å². The highest BCUT2D eigenvalue weighted by Gasteiger charge is 2.23. The molecule has 7 nitrogen and oxygen atoms in total. The van der Waals surface area contributed by atoms with Gasteiger partial charge in [-0.2, -0.15) is 0 Å². The van der Waals surface area contributed by atoms with Crippen LogP contribution in [-0.2, 0) is 0 Å². The lowest BCUT2D eigenvalue weighted by molar-refractivity contribution is 0.0986. The second-order valence-electron chi connectivity index (χ2n) is 7.24. The summed E-state index contributed by atoms with van der Waals surface area (Å²) in [6.45, 7) is 4.22. The molecule has 0 bridgehead atoms. The highest BCUT2D eigenvalue weighted by Crippen LogP contribution is 2.40. The van der Waals surface area contributed by atoms with Gasteiger partial charge in [-0.15, -0.1) is 0 Å². The van der Waals surface area contributed by atoms with Gasteiger partial charge in [0.15, 0.2) is 16.6 Å². The average molecular weight is 428 g/mol. The number of anilines is 1. The summed E-state index contributed by atoms with van der Waals surface area (Å²) in [7, 11) is 4.05. The van der Waals surface area contributed by atoms with Crippen molar-refractivity contribution >= 4 is 32.6 Å². The van der Waals surface area contributed by atoms with E-state index in [1.807, 2.05) is 45.3 Å². The smallest absolute Gasteiger partial charge is 0.260 e. The molecule has 1 aromatic heterocycles. The zero-order chi connectivity index (χ0) is 21.1. The molecule has 0 saturated carbocycles. The van der Waals surface area contributed by atoms with E-state index in [2.05, 4.69) is 4.90 Å². The third-order valence-electron chi connectivity index (χ3n) is 4.75. The molecule has 0 radical (unpaired) electrons. The molecule has 0 N–H and O–H groups in total. The second-order valence-corrected chi connectivity index (χ2v) is 8.25. The van der Waals surface area contributed by atoms with Gasteiger partial charge in [-0.25, -0.2) is 4.98 Å². The van der Waals surface area contributed by atoms with Gasteiger partial charge in [0, 0.05) is 24.2 Å². The van der Waals surface area contributed by atoms with Crippen molar-refractivity contribution in [2.45, 2.75) is 13.3 Å². The summed E-state index contributed by atoms with van der Waals surface area (Å²) in [5.74, 6) is 2.09. The van der Waals surface area contributed by atoms with Gasteiger partial charge in [-0.3, -0.25) is 9.69 Å². The Bertz CT molecular complexity index is 992. The van der Waals surface area contributed by atoms with E-state index in [9.17, 15) is 4.79 Å². The van der Waals surface area contributed by atoms with Gasteiger partial charge in [0.25, 0.3) is 5.91 Å². The molecule has 0 atom stereocenters. The molecule has 4 rings (SSSR count). The summed E-state index contributed by atoms with van der Waals surface area (Å²) >= 11 is 1.48. The Morgan fingerprint density at radius 2 is 1.87 bits per heavy atom. The largest absolute Gasteiger partial charge is 0.494 e. The van der Waals surface area contributed by atoms with Crippen molar-refractivity contribution < 1.29 is 19.0 Å². The van der Waals surface area contributed by atoms with Crippen LogP contribution in [0.5, 0.6) is 17.2 Å². The van der Waals surface area contributed by atoms with Gasteiger partial charge in [-0.05, 0) is 58.3 Å². The summed E-state index contributed by atoms with van der Waals surface area (Å²) in [6, 6.07) is 11.1. The van der Waals surface area contributed by atoms with Crippen molar-refractivity contribution in [3.05, 3.63) is 42.0 Å². The third-order valence-corrected chi connectivity index (χ3v) is 5.79. The molecule has 2 aromatic carbocycles. The highest BCUT2D eigenvalue weighted by atomic mass is 32.1. The maximum absolute atomic E-state index is 13.4. The number of thiazole rings is 1. The van der Waals surface area contributed by atoms with Crippen molar-refractivity contribution in [2.75, 3.05) is 45.5 Å². The highest BCUT2D eigenvalue weighted by molar-refractivity contribution is 7.22. The van der Waals surface area contributed by atoms with Crippen molar-refractivity contribution in [1.82, 2.24) is 9.88 Å². The fraction of sp³-hybridized carbons (Fsp3) is 0.364. The lowest BCUT2D eigenvalue weighted by Crippen LogP contribution is -2.33. The maximum Gasteiger partial charge on any atom is 0.260 e. The van der Waals surface area contributed by atoms with Crippen molar-refractivity contribution in [1.29, 1.82) is 0 Å². The molecule has 1 aliphatic rings. The molecule has 2 heterocycles. The van der Waals surface area contributed by atoms with Crippen LogP contribution in [0.25, 0.3) is 10.2 Å². The lowest BCUT2D eigenvalue weighted by Gasteiger charge is -2.21. The molecule has 0 aliphatic carbocycles. The Morgan fingerprint density at radius 1 is 1.13 bits per heavy atom. The first-order chi connectivity index (χ1) is 14.5. The summed E-state index contributed by atoms with van der Waals surface area (Å²) in [6.07, 6.45) is 0.842. The van der Waals surface area contributed by atoms with Crippen LogP contribution in [0.15, 0.2) is 36.4 Å². The minimum atomic E-state index is -0.0732. The van der Waals surface area contributed by atoms with E-state index in [0.29, 0.717) is 29.6 Å². The molecular weight excluding hydrogens is 402 g/mol. The Labute approximate surface area is 179 Å². The molecule has 0 fully saturated rings. The van der Waals surface area contributed by atoms with Crippen molar-refractivity contribution in [2.24, 2.45) is 0 Å². The number of fused-ring (bicyclic) bond motifs is 2. The fourth-order valence-electron chi connectivity index (χ4n) is 3.27. The lowest BCUT2D eigenvalue weighted by atomic mass is 10.2. The number of rotatable bonds is 8. The SMILES string of the molecule is CCOc1ccc(C(=O)N(CCCN(C)C)c2nc3cc4c(cc3s2)OCO4)cc1. The molecule has 1 amide bonds. The standard InChI is InChI=1S/C22H25N3O4S/c1-4-27-16-8-6-15(7-9-16)21(26)25(11-5-10-24(2)3)22-23-17-12-18-19(29-14-28-18)13-20(17)30-22/h6-9,12-13H,4-5,10-11,14H2,1-3H3. The van der Waals surface area contributed by atoms with Crippen molar-refractivity contribution in [3.63, 3.8) is 0 Å². The number of nitrogens with zero attached hydrogens (tertiary/aromatic N) is 3. The van der Waals surface area contributed by atoms with E-state index in [1.165, 1.54) is 11.3 Å². The van der Waals surface area contributed by atoms with Crippen LogP contribution in [0.3, 0.4) is 0 Å². The monoisotopic (exact) mass is 427 g/mol. The molecule has 1 aliphatic heterocycles. The van der Waals surface area contributed by atoms with E-state index >= 15 is 0 Å². The summed E-state index contributed by atoms with van der Waals surface area (Å²) in [4.78, 5) is 22.0. The first-order valence-corrected chi connectivity index (χ1v) is 10.8. The topological polar surface area (TPSA) is 64.1 Å². The number of amides is 1. The Kier molecular flexibility index (Phi) is 6.06. The number of hydrogen-bond acceptors (Lipinski definition) is 7. The zero-order valence-corrected chi connectivity index (χ0v) is 18.2. The Morgan fingerprint density at radius 3 is 2.57 bits per heavy atom. The first-order valence-electron chi connectivity index (χ1n) is 9.95. The predicted octanol–water partition coefficient (Wildman–Crippen LogP) is 4.02. The van der Waals surface area contributed by atoms with Crippen LogP contribution in [-0.4, -0.2) is 56.4 Å². The third kappa shape index (κ3) is 4.34. The number of carbonyl (C=O) groups is 1. The molecule has 8 heteroatoms. The average Bonchev–Trinajstić information content (AvgIpc) is 3.35. The van der Waals surface area contributed by atoms with E-state index in [4.69, 9.17) is 19.2 Å². The predicted molar refractivity (Wildman–Crippen MR) is 118 cm³/mol. The Hall–Kier alpha value is -2.84. The molecule has 0 saturated heterocycles. The maximum atomic E-state index is 13.4. The van der Waals surface area contributed by atoms with Crippen LogP contribution in [0, 0.1) is 0 Å². The fourth-order valence-corrected chi connectivity index (χ4v) is 4.27. The van der Waals surface area contributed by atoms with Gasteiger partial charge < -0.3 is 19.1 Å². The normalized spacial score (nSPS) is 12.5. The molecule has 3 aromatic rings. The van der Waals surface area contributed by atoms with Gasteiger partial charge in [0.05, 0.1) is 16.8 Å². The van der Waals surface area contributed by atoms with E-state index < -0.39 is 0 Å². The van der Waals surface area contributed by atoms with Crippen LogP contribution in [0.4, 0.5) is 5.13 Å². The number of carbonyl (C=O) groups excluding carboxylic acids is 1. The van der Waals surface area contributed by atoms with Crippen LogP contribution in [0.1, 0.15) is 23.7 Å². The molecule has 30 heavy (non-hydrogen) atoms. The zero-order valence-electron chi connectivity index (χ0n) is 17.4. The molecule has 0 spiro atoms. The number of ether oxygens (including phenoxy) is 3. The van der Waals surface area contributed by atoms with E-state index in [0.717, 1.165) is 34.7 Å². The number of benzene rings is 2. The van der Waals surface area contributed by atoms with Gasteiger partial charge in [0.2, 0.25) is 6.79 Å².